The fourth-order valence-corrected chi connectivity index (χ4v) is 3.36. The first-order valence-corrected chi connectivity index (χ1v) is 6.75. The van der Waals surface area contributed by atoms with Crippen LogP contribution in [0.5, 0.6) is 0 Å². The summed E-state index contributed by atoms with van der Waals surface area (Å²) in [4.78, 5) is 4.66. The van der Waals surface area contributed by atoms with Crippen LogP contribution >= 0.6 is 11.3 Å². The zero-order chi connectivity index (χ0) is 11.7. The average Bonchev–Trinajstić information content (AvgIpc) is 2.94. The third-order valence-corrected chi connectivity index (χ3v) is 4.32. The molecule has 1 aliphatic carbocycles. The normalized spacial score (nSPS) is 15.1. The van der Waals surface area contributed by atoms with Gasteiger partial charge in [-0.25, -0.2) is 4.98 Å². The van der Waals surface area contributed by atoms with Gasteiger partial charge in [-0.1, -0.05) is 24.3 Å². The highest BCUT2D eigenvalue weighted by Crippen LogP contribution is 2.35. The molecule has 1 aromatic heterocycles. The van der Waals surface area contributed by atoms with Gasteiger partial charge in [0.05, 0.1) is 17.3 Å². The van der Waals surface area contributed by atoms with Crippen LogP contribution in [-0.2, 0) is 24.2 Å². The van der Waals surface area contributed by atoms with E-state index in [1.54, 1.807) is 18.4 Å². The van der Waals surface area contributed by atoms with E-state index >= 15 is 0 Å². The van der Waals surface area contributed by atoms with Gasteiger partial charge in [-0.15, -0.1) is 11.3 Å². The van der Waals surface area contributed by atoms with Crippen LogP contribution in [0, 0.1) is 0 Å². The van der Waals surface area contributed by atoms with Crippen molar-refractivity contribution in [2.45, 2.75) is 25.4 Å². The van der Waals surface area contributed by atoms with Crippen LogP contribution in [0.4, 0.5) is 0 Å². The molecule has 1 aliphatic rings. The molecule has 3 heteroatoms. The topological polar surface area (TPSA) is 22.1 Å². The van der Waals surface area contributed by atoms with Crippen LogP contribution in [0.25, 0.3) is 0 Å². The Morgan fingerprint density at radius 1 is 1.29 bits per heavy atom. The van der Waals surface area contributed by atoms with E-state index in [0.29, 0.717) is 12.5 Å². The predicted molar refractivity (Wildman–Crippen MR) is 69.4 cm³/mol. The molecule has 0 fully saturated rings. The third-order valence-electron chi connectivity index (χ3n) is 3.26. The molecule has 2 nitrogen and oxygen atoms in total. The van der Waals surface area contributed by atoms with E-state index in [2.05, 4.69) is 34.6 Å². The van der Waals surface area contributed by atoms with E-state index in [4.69, 9.17) is 4.74 Å². The van der Waals surface area contributed by atoms with E-state index in [-0.39, 0.29) is 0 Å². The monoisotopic (exact) mass is 245 g/mol. The number of rotatable bonds is 3. The Labute approximate surface area is 105 Å². The molecule has 3 rings (SSSR count). The lowest BCUT2D eigenvalue weighted by atomic mass is 10.1. The van der Waals surface area contributed by atoms with E-state index < -0.39 is 0 Å². The molecule has 0 aliphatic heterocycles. The minimum absolute atomic E-state index is 0.572. The summed E-state index contributed by atoms with van der Waals surface area (Å²) >= 11 is 1.77. The van der Waals surface area contributed by atoms with Crippen molar-refractivity contribution in [3.8, 4) is 0 Å². The number of methoxy groups -OCH3 is 1. The number of hydrogen-bond acceptors (Lipinski definition) is 3. The summed E-state index contributed by atoms with van der Waals surface area (Å²) in [5.74, 6) is 0.572. The second kappa shape index (κ2) is 4.59. The van der Waals surface area contributed by atoms with Crippen molar-refractivity contribution in [1.82, 2.24) is 4.98 Å². The number of ether oxygens (including phenoxy) is 1. The predicted octanol–water partition coefficient (Wildman–Crippen LogP) is 3.17. The average molecular weight is 245 g/mol. The Balaban J connectivity index is 1.79. The second-order valence-electron chi connectivity index (χ2n) is 4.48. The highest BCUT2D eigenvalue weighted by Gasteiger charge is 2.24. The molecule has 0 unspecified atom stereocenters. The zero-order valence-corrected chi connectivity index (χ0v) is 10.7. The van der Waals surface area contributed by atoms with Gasteiger partial charge in [0, 0.05) is 18.4 Å². The first-order valence-electron chi connectivity index (χ1n) is 5.87. The molecule has 0 radical (unpaired) electrons. The molecule has 2 aromatic rings. The zero-order valence-electron chi connectivity index (χ0n) is 9.85. The largest absolute Gasteiger partial charge is 0.378 e. The summed E-state index contributed by atoms with van der Waals surface area (Å²) in [6, 6.07) is 8.72. The van der Waals surface area contributed by atoms with Crippen LogP contribution in [-0.4, -0.2) is 12.1 Å². The molecular weight excluding hydrogens is 230 g/mol. The molecule has 17 heavy (non-hydrogen) atoms. The maximum absolute atomic E-state index is 5.11. The summed E-state index contributed by atoms with van der Waals surface area (Å²) < 4.78 is 5.11. The third kappa shape index (κ3) is 2.13. The van der Waals surface area contributed by atoms with E-state index in [1.165, 1.54) is 16.1 Å². The van der Waals surface area contributed by atoms with Crippen LogP contribution < -0.4 is 0 Å². The van der Waals surface area contributed by atoms with Crippen molar-refractivity contribution >= 4 is 11.3 Å². The number of thiazole rings is 1. The van der Waals surface area contributed by atoms with E-state index in [1.807, 2.05) is 0 Å². The Kier molecular flexibility index (Phi) is 2.95. The number of benzene rings is 1. The standard InChI is InChI=1S/C14H15NOS/c1-16-8-13-9-17-14(15-13)12-6-10-4-2-3-5-11(10)7-12/h2-5,9,12H,6-8H2,1H3. The van der Waals surface area contributed by atoms with Crippen molar-refractivity contribution in [2.24, 2.45) is 0 Å². The Bertz CT molecular complexity index is 495. The highest BCUT2D eigenvalue weighted by molar-refractivity contribution is 7.09. The first kappa shape index (κ1) is 10.9. The lowest BCUT2D eigenvalue weighted by Crippen LogP contribution is -1.98. The molecule has 0 atom stereocenters. The molecule has 0 saturated carbocycles. The summed E-state index contributed by atoms with van der Waals surface area (Å²) in [6.45, 7) is 0.621. The van der Waals surface area contributed by atoms with Crippen LogP contribution in [0.15, 0.2) is 29.6 Å². The van der Waals surface area contributed by atoms with Gasteiger partial charge in [0.1, 0.15) is 0 Å². The Morgan fingerprint density at radius 2 is 2.00 bits per heavy atom. The number of nitrogens with zero attached hydrogens (tertiary/aromatic N) is 1. The van der Waals surface area contributed by atoms with Crippen molar-refractivity contribution in [1.29, 1.82) is 0 Å². The van der Waals surface area contributed by atoms with Gasteiger partial charge in [0.25, 0.3) is 0 Å². The number of hydrogen-bond donors (Lipinski definition) is 0. The van der Waals surface area contributed by atoms with E-state index in [9.17, 15) is 0 Å². The number of aromatic nitrogens is 1. The fourth-order valence-electron chi connectivity index (χ4n) is 2.46. The van der Waals surface area contributed by atoms with Gasteiger partial charge in [-0.05, 0) is 24.0 Å². The molecule has 0 amide bonds. The van der Waals surface area contributed by atoms with Gasteiger partial charge in [0.2, 0.25) is 0 Å². The van der Waals surface area contributed by atoms with Crippen molar-refractivity contribution in [3.63, 3.8) is 0 Å². The Hall–Kier alpha value is -1.19. The van der Waals surface area contributed by atoms with Crippen LogP contribution in [0.2, 0.25) is 0 Å². The first-order chi connectivity index (χ1) is 8.36. The summed E-state index contributed by atoms with van der Waals surface area (Å²) in [5, 5.41) is 3.37. The van der Waals surface area contributed by atoms with Gasteiger partial charge in [-0.3, -0.25) is 0 Å². The smallest absolute Gasteiger partial charge is 0.0966 e. The second-order valence-corrected chi connectivity index (χ2v) is 5.37. The van der Waals surface area contributed by atoms with Gasteiger partial charge in [-0.2, -0.15) is 0 Å². The SMILES string of the molecule is COCc1csc(C2Cc3ccccc3C2)n1. The molecule has 0 spiro atoms. The summed E-state index contributed by atoms with van der Waals surface area (Å²) in [7, 11) is 1.71. The molecule has 88 valence electrons. The summed E-state index contributed by atoms with van der Waals surface area (Å²) in [6.07, 6.45) is 2.27. The number of fused-ring (bicyclic) bond motifs is 1. The molecule has 0 bridgehead atoms. The quantitative estimate of drug-likeness (QED) is 0.828. The van der Waals surface area contributed by atoms with Crippen LogP contribution in [0.1, 0.15) is 27.7 Å². The van der Waals surface area contributed by atoms with Crippen molar-refractivity contribution < 1.29 is 4.74 Å². The molecule has 1 heterocycles. The maximum Gasteiger partial charge on any atom is 0.0966 e. The molecule has 0 N–H and O–H groups in total. The maximum atomic E-state index is 5.11. The van der Waals surface area contributed by atoms with Crippen molar-refractivity contribution in [3.05, 3.63) is 51.5 Å². The van der Waals surface area contributed by atoms with Gasteiger partial charge >= 0.3 is 0 Å². The van der Waals surface area contributed by atoms with Gasteiger partial charge < -0.3 is 4.74 Å². The molecule has 0 saturated heterocycles. The Morgan fingerprint density at radius 3 is 2.65 bits per heavy atom. The lowest BCUT2D eigenvalue weighted by molar-refractivity contribution is 0.182. The van der Waals surface area contributed by atoms with Crippen LogP contribution in [0.3, 0.4) is 0 Å². The minimum atomic E-state index is 0.572. The highest BCUT2D eigenvalue weighted by atomic mass is 32.1. The van der Waals surface area contributed by atoms with Gasteiger partial charge in [0.15, 0.2) is 0 Å². The van der Waals surface area contributed by atoms with E-state index in [0.717, 1.165) is 18.5 Å². The summed E-state index contributed by atoms with van der Waals surface area (Å²) in [5.41, 5.74) is 4.03. The minimum Gasteiger partial charge on any atom is -0.378 e. The fraction of sp³-hybridized carbons (Fsp3) is 0.357. The molecular formula is C14H15NOS. The van der Waals surface area contributed by atoms with Crippen molar-refractivity contribution in [2.75, 3.05) is 7.11 Å². The lowest BCUT2D eigenvalue weighted by Gasteiger charge is -2.03. The molecule has 1 aromatic carbocycles.